The lowest BCUT2D eigenvalue weighted by atomic mass is 10.3. The zero-order valence-electron chi connectivity index (χ0n) is 16.0. The number of carbonyl (C=O) groups excluding carboxylic acids is 2. The Hall–Kier alpha value is -3.54. The normalized spacial score (nSPS) is 10.7. The highest BCUT2D eigenvalue weighted by Gasteiger charge is 2.22. The number of hydrogen-bond acceptors (Lipinski definition) is 10. The molecule has 12 nitrogen and oxygen atoms in total. The Bertz CT molecular complexity index is 1140. The van der Waals surface area contributed by atoms with Crippen LogP contribution in [0.25, 0.3) is 0 Å². The Kier molecular flexibility index (Phi) is 8.02. The first kappa shape index (κ1) is 23.7. The van der Waals surface area contributed by atoms with Crippen molar-refractivity contribution in [2.45, 2.75) is 11.3 Å². The number of hydrogen-bond donors (Lipinski definition) is 2. The van der Waals surface area contributed by atoms with Crippen LogP contribution in [0.4, 0.5) is 10.7 Å². The van der Waals surface area contributed by atoms with Gasteiger partial charge in [-0.25, -0.2) is 13.1 Å². The number of nitriles is 1. The first-order valence-electron chi connectivity index (χ1n) is 8.43. The van der Waals surface area contributed by atoms with Gasteiger partial charge in [-0.3, -0.25) is 19.7 Å². The number of ether oxygens (including phenoxy) is 2. The molecule has 0 saturated heterocycles. The van der Waals surface area contributed by atoms with Crippen molar-refractivity contribution in [3.8, 4) is 11.8 Å². The molecule has 1 aromatic carbocycles. The predicted octanol–water partition coefficient (Wildman–Crippen LogP) is 1.39. The smallest absolute Gasteiger partial charge is 0.312 e. The number of rotatable bonds is 10. The van der Waals surface area contributed by atoms with Gasteiger partial charge in [0.15, 0.2) is 12.4 Å². The van der Waals surface area contributed by atoms with E-state index < -0.39 is 39.1 Å². The van der Waals surface area contributed by atoms with Crippen LogP contribution in [-0.2, 0) is 24.3 Å². The van der Waals surface area contributed by atoms with Gasteiger partial charge in [0.1, 0.15) is 11.1 Å². The van der Waals surface area contributed by atoms with Gasteiger partial charge in [0, 0.05) is 12.6 Å². The molecule has 0 aliphatic heterocycles. The highest BCUT2D eigenvalue weighted by atomic mass is 32.2. The molecule has 0 aliphatic carbocycles. The van der Waals surface area contributed by atoms with Crippen LogP contribution >= 0.6 is 11.3 Å². The Labute approximate surface area is 180 Å². The van der Waals surface area contributed by atoms with Crippen LogP contribution in [-0.4, -0.2) is 45.5 Å². The van der Waals surface area contributed by atoms with Crippen molar-refractivity contribution in [2.24, 2.45) is 0 Å². The van der Waals surface area contributed by atoms with Crippen molar-refractivity contribution >= 4 is 43.9 Å². The summed E-state index contributed by atoms with van der Waals surface area (Å²) in [5.41, 5.74) is -0.251. The maximum absolute atomic E-state index is 12.3. The van der Waals surface area contributed by atoms with Gasteiger partial charge in [0.25, 0.3) is 5.91 Å². The first-order valence-corrected chi connectivity index (χ1v) is 10.8. The molecule has 0 aliphatic rings. The number of esters is 1. The molecular weight excluding hydrogens is 452 g/mol. The van der Waals surface area contributed by atoms with Crippen LogP contribution in [0, 0.1) is 21.4 Å². The molecule has 2 rings (SSSR count). The van der Waals surface area contributed by atoms with Gasteiger partial charge in [-0.05, 0) is 23.6 Å². The summed E-state index contributed by atoms with van der Waals surface area (Å²) < 4.78 is 36.2. The summed E-state index contributed by atoms with van der Waals surface area (Å²) in [6, 6.07) is 6.52. The largest absolute Gasteiger partial charge is 0.490 e. The SMILES string of the molecule is COc1ccc(S(=O)(=O)NCCC(=O)OCC(=O)Nc2sccc2C#N)cc1[N+](=O)[O-]. The van der Waals surface area contributed by atoms with Crippen LogP contribution in [0.5, 0.6) is 5.75 Å². The average molecular weight is 468 g/mol. The number of nitro benzene ring substituents is 1. The van der Waals surface area contributed by atoms with E-state index in [1.54, 1.807) is 5.38 Å². The molecule has 164 valence electrons. The zero-order chi connectivity index (χ0) is 23.0. The van der Waals surface area contributed by atoms with Gasteiger partial charge in [-0.15, -0.1) is 11.3 Å². The van der Waals surface area contributed by atoms with E-state index in [1.807, 2.05) is 6.07 Å². The molecule has 0 atom stereocenters. The number of nitro groups is 1. The van der Waals surface area contributed by atoms with Crippen molar-refractivity contribution in [3.05, 3.63) is 45.3 Å². The Morgan fingerprint density at radius 3 is 2.71 bits per heavy atom. The van der Waals surface area contributed by atoms with Crippen LogP contribution < -0.4 is 14.8 Å². The summed E-state index contributed by atoms with van der Waals surface area (Å²) in [7, 11) is -2.92. The van der Waals surface area contributed by atoms with Gasteiger partial charge in [0.2, 0.25) is 10.0 Å². The summed E-state index contributed by atoms with van der Waals surface area (Å²) in [4.78, 5) is 33.4. The number of thiophene rings is 1. The number of carbonyl (C=O) groups is 2. The van der Waals surface area contributed by atoms with Gasteiger partial charge in [-0.2, -0.15) is 5.26 Å². The monoisotopic (exact) mass is 468 g/mol. The highest BCUT2D eigenvalue weighted by Crippen LogP contribution is 2.29. The summed E-state index contributed by atoms with van der Waals surface area (Å²) in [5.74, 6) is -1.60. The highest BCUT2D eigenvalue weighted by molar-refractivity contribution is 7.89. The standard InChI is InChI=1S/C17H16N4O8S2/c1-28-14-3-2-12(8-13(14)21(24)25)31(26,27)19-6-4-16(23)29-10-15(22)20-17-11(9-18)5-7-30-17/h2-3,5,7-8,19H,4,6,10H2,1H3,(H,20,22). The molecule has 2 N–H and O–H groups in total. The number of methoxy groups -OCH3 is 1. The molecule has 14 heteroatoms. The minimum Gasteiger partial charge on any atom is -0.490 e. The lowest BCUT2D eigenvalue weighted by molar-refractivity contribution is -0.386. The number of nitrogens with one attached hydrogen (secondary N) is 2. The molecule has 31 heavy (non-hydrogen) atoms. The fourth-order valence-corrected chi connectivity index (χ4v) is 4.03. The van der Waals surface area contributed by atoms with Crippen molar-refractivity contribution in [2.75, 3.05) is 25.6 Å². The Balaban J connectivity index is 1.84. The lowest BCUT2D eigenvalue weighted by Gasteiger charge is -2.08. The number of anilines is 1. The summed E-state index contributed by atoms with van der Waals surface area (Å²) >= 11 is 1.13. The Morgan fingerprint density at radius 2 is 2.06 bits per heavy atom. The third-order valence-corrected chi connectivity index (χ3v) is 5.97. The van der Waals surface area contributed by atoms with Crippen LogP contribution in [0.15, 0.2) is 34.5 Å². The lowest BCUT2D eigenvalue weighted by Crippen LogP contribution is -2.28. The van der Waals surface area contributed by atoms with E-state index in [4.69, 9.17) is 14.7 Å². The van der Waals surface area contributed by atoms with E-state index in [-0.39, 0.29) is 29.2 Å². The maximum Gasteiger partial charge on any atom is 0.312 e. The molecule has 1 heterocycles. The van der Waals surface area contributed by atoms with E-state index in [1.165, 1.54) is 13.2 Å². The third kappa shape index (κ3) is 6.47. The number of nitrogens with zero attached hydrogens (tertiary/aromatic N) is 2. The quantitative estimate of drug-likeness (QED) is 0.296. The van der Waals surface area contributed by atoms with Crippen molar-refractivity contribution < 1.29 is 32.4 Å². The second-order valence-corrected chi connectivity index (χ2v) is 8.41. The molecule has 0 radical (unpaired) electrons. The molecule has 2 aromatic rings. The zero-order valence-corrected chi connectivity index (χ0v) is 17.6. The van der Waals surface area contributed by atoms with Gasteiger partial charge in [-0.1, -0.05) is 0 Å². The molecule has 0 unspecified atom stereocenters. The second kappa shape index (κ2) is 10.5. The number of amides is 1. The van der Waals surface area contributed by atoms with E-state index in [2.05, 4.69) is 10.0 Å². The topological polar surface area (TPSA) is 178 Å². The minimum atomic E-state index is -4.14. The molecule has 1 amide bonds. The third-order valence-electron chi connectivity index (χ3n) is 3.68. The van der Waals surface area contributed by atoms with Crippen molar-refractivity contribution in [1.82, 2.24) is 4.72 Å². The summed E-state index contributed by atoms with van der Waals surface area (Å²) in [6.07, 6.45) is -0.382. The van der Waals surface area contributed by atoms with Crippen LogP contribution in [0.3, 0.4) is 0 Å². The van der Waals surface area contributed by atoms with E-state index >= 15 is 0 Å². The molecule has 1 aromatic heterocycles. The van der Waals surface area contributed by atoms with Crippen LogP contribution in [0.1, 0.15) is 12.0 Å². The van der Waals surface area contributed by atoms with E-state index in [0.29, 0.717) is 5.00 Å². The van der Waals surface area contributed by atoms with Crippen molar-refractivity contribution in [3.63, 3.8) is 0 Å². The average Bonchev–Trinajstić information content (AvgIpc) is 3.18. The van der Waals surface area contributed by atoms with Gasteiger partial charge >= 0.3 is 11.7 Å². The first-order chi connectivity index (χ1) is 14.7. The molecular formula is C17H16N4O8S2. The summed E-state index contributed by atoms with van der Waals surface area (Å²) in [6.45, 7) is -0.967. The van der Waals surface area contributed by atoms with Crippen LogP contribution in [0.2, 0.25) is 0 Å². The van der Waals surface area contributed by atoms with Gasteiger partial charge in [0.05, 0.1) is 28.9 Å². The fraction of sp³-hybridized carbons (Fsp3) is 0.235. The van der Waals surface area contributed by atoms with Crippen molar-refractivity contribution in [1.29, 1.82) is 5.26 Å². The molecule has 0 bridgehead atoms. The van der Waals surface area contributed by atoms with E-state index in [0.717, 1.165) is 29.5 Å². The second-order valence-electron chi connectivity index (χ2n) is 5.72. The molecule has 0 saturated carbocycles. The summed E-state index contributed by atoms with van der Waals surface area (Å²) in [5, 5.41) is 24.3. The Morgan fingerprint density at radius 1 is 1.32 bits per heavy atom. The van der Waals surface area contributed by atoms with E-state index in [9.17, 15) is 28.1 Å². The maximum atomic E-state index is 12.3. The molecule has 0 fully saturated rings. The molecule has 0 spiro atoms. The predicted molar refractivity (Wildman–Crippen MR) is 108 cm³/mol. The van der Waals surface area contributed by atoms with Gasteiger partial charge < -0.3 is 14.8 Å². The fourth-order valence-electron chi connectivity index (χ4n) is 2.23. The number of benzene rings is 1. The number of sulfonamides is 1. The minimum absolute atomic E-state index is 0.102.